The normalized spacial score (nSPS) is 11.4. The summed E-state index contributed by atoms with van der Waals surface area (Å²) in [6.07, 6.45) is -4.09. The van der Waals surface area contributed by atoms with Crippen LogP contribution >= 0.6 is 0 Å². The Kier molecular flexibility index (Phi) is 5.83. The monoisotopic (exact) mass is 459 g/mol. The largest absolute Gasteiger partial charge is 0.437 e. The van der Waals surface area contributed by atoms with Gasteiger partial charge in [-0.25, -0.2) is 18.3 Å². The molecule has 2 heterocycles. The topological polar surface area (TPSA) is 75.2 Å². The van der Waals surface area contributed by atoms with Crippen molar-refractivity contribution in [2.75, 3.05) is 11.9 Å². The molecule has 0 aliphatic heterocycles. The number of anilines is 1. The van der Waals surface area contributed by atoms with E-state index >= 15 is 0 Å². The van der Waals surface area contributed by atoms with Gasteiger partial charge in [0, 0.05) is 24.2 Å². The van der Waals surface area contributed by atoms with Gasteiger partial charge in [-0.15, -0.1) is 5.10 Å². The molecular formula is C22H14F5N5O. The molecule has 2 aromatic carbocycles. The number of nitrogens with zero attached hydrogens (tertiary/aromatic N) is 4. The molecule has 0 saturated heterocycles. The van der Waals surface area contributed by atoms with Gasteiger partial charge in [0.15, 0.2) is 5.65 Å². The number of halogens is 5. The summed E-state index contributed by atoms with van der Waals surface area (Å²) in [7, 11) is 0. The second kappa shape index (κ2) is 8.74. The average Bonchev–Trinajstić information content (AvgIpc) is 3.17. The van der Waals surface area contributed by atoms with Gasteiger partial charge in [-0.1, -0.05) is 12.1 Å². The van der Waals surface area contributed by atoms with Gasteiger partial charge in [-0.05, 0) is 24.3 Å². The fraction of sp³-hybridized carbons (Fsp3) is 0.136. The number of imidazole rings is 1. The summed E-state index contributed by atoms with van der Waals surface area (Å²) in [6.45, 7) is -0.434. The highest BCUT2D eigenvalue weighted by atomic mass is 19.4. The Labute approximate surface area is 183 Å². The van der Waals surface area contributed by atoms with Gasteiger partial charge in [0.25, 0.3) is 0 Å². The maximum atomic E-state index is 14.2. The van der Waals surface area contributed by atoms with Crippen molar-refractivity contribution in [1.82, 2.24) is 14.6 Å². The molecule has 168 valence electrons. The number of nitriles is 1. The summed E-state index contributed by atoms with van der Waals surface area (Å²) in [5.74, 6) is -1.24. The van der Waals surface area contributed by atoms with E-state index in [4.69, 9.17) is 10.00 Å². The molecule has 0 atom stereocenters. The van der Waals surface area contributed by atoms with E-state index in [1.807, 2.05) is 0 Å². The first-order valence-corrected chi connectivity index (χ1v) is 9.56. The van der Waals surface area contributed by atoms with Gasteiger partial charge in [0.1, 0.15) is 23.5 Å². The molecular weight excluding hydrogens is 445 g/mol. The van der Waals surface area contributed by atoms with Gasteiger partial charge in [-0.2, -0.15) is 18.4 Å². The fourth-order valence-electron chi connectivity index (χ4n) is 3.08. The maximum absolute atomic E-state index is 14.2. The Morgan fingerprint density at radius 3 is 2.61 bits per heavy atom. The van der Waals surface area contributed by atoms with Crippen molar-refractivity contribution in [3.8, 4) is 29.0 Å². The minimum absolute atomic E-state index is 0.0593. The molecule has 0 radical (unpaired) electrons. The Balaban J connectivity index is 1.78. The van der Waals surface area contributed by atoms with Crippen LogP contribution < -0.4 is 10.1 Å². The zero-order chi connectivity index (χ0) is 23.6. The molecule has 4 rings (SSSR count). The Morgan fingerprint density at radius 1 is 1.09 bits per heavy atom. The number of benzene rings is 2. The van der Waals surface area contributed by atoms with Crippen LogP contribution in [0.25, 0.3) is 16.9 Å². The predicted octanol–water partition coefficient (Wildman–Crippen LogP) is 5.70. The zero-order valence-corrected chi connectivity index (χ0v) is 16.7. The summed E-state index contributed by atoms with van der Waals surface area (Å²) in [6, 6.07) is 12.2. The summed E-state index contributed by atoms with van der Waals surface area (Å²) in [4.78, 5) is 4.20. The zero-order valence-electron chi connectivity index (χ0n) is 16.7. The van der Waals surface area contributed by atoms with E-state index in [2.05, 4.69) is 15.4 Å². The fourth-order valence-corrected chi connectivity index (χ4v) is 3.08. The van der Waals surface area contributed by atoms with Gasteiger partial charge >= 0.3 is 6.18 Å². The molecule has 0 fully saturated rings. The third-order valence-corrected chi connectivity index (χ3v) is 4.57. The molecule has 6 nitrogen and oxygen atoms in total. The average molecular weight is 459 g/mol. The van der Waals surface area contributed by atoms with Crippen molar-refractivity contribution in [3.63, 3.8) is 0 Å². The van der Waals surface area contributed by atoms with Crippen LogP contribution in [0.4, 0.5) is 27.6 Å². The minimum atomic E-state index is -4.36. The molecule has 1 N–H and O–H groups in total. The number of hydrogen-bond acceptors (Lipinski definition) is 5. The lowest BCUT2D eigenvalue weighted by atomic mass is 10.1. The molecule has 0 bridgehead atoms. The predicted molar refractivity (Wildman–Crippen MR) is 109 cm³/mol. The highest BCUT2D eigenvalue weighted by molar-refractivity contribution is 5.73. The minimum Gasteiger partial charge on any atom is -0.437 e. The molecule has 2 aromatic heterocycles. The Morgan fingerprint density at radius 2 is 1.91 bits per heavy atom. The molecule has 0 spiro atoms. The highest BCUT2D eigenvalue weighted by Gasteiger charge is 2.26. The first-order chi connectivity index (χ1) is 15.7. The first-order valence-electron chi connectivity index (χ1n) is 9.56. The third-order valence-electron chi connectivity index (χ3n) is 4.57. The van der Waals surface area contributed by atoms with Gasteiger partial charge in [0.2, 0.25) is 5.88 Å². The van der Waals surface area contributed by atoms with Crippen molar-refractivity contribution < 1.29 is 26.7 Å². The third kappa shape index (κ3) is 5.01. The molecule has 0 amide bonds. The highest BCUT2D eigenvalue weighted by Crippen LogP contribution is 2.30. The van der Waals surface area contributed by atoms with Crippen LogP contribution in [-0.4, -0.2) is 27.3 Å². The van der Waals surface area contributed by atoms with Gasteiger partial charge in [0.05, 0.1) is 29.6 Å². The standard InChI is InChI=1S/C22H14F5N5O/c23-15-2-1-3-16(9-15)33-20-10-18(29-7-6-22(25,26)27)21-30-12-19(32(21)31-20)13-4-5-14(11-28)17(24)8-13/h1-5,8-10,12,29H,6-7H2. The van der Waals surface area contributed by atoms with E-state index in [-0.39, 0.29) is 28.5 Å². The van der Waals surface area contributed by atoms with Crippen LogP contribution in [0.15, 0.2) is 54.7 Å². The second-order valence-corrected chi connectivity index (χ2v) is 6.93. The number of aromatic nitrogens is 3. The quantitative estimate of drug-likeness (QED) is 0.374. The van der Waals surface area contributed by atoms with Crippen molar-refractivity contribution in [2.24, 2.45) is 0 Å². The molecule has 11 heteroatoms. The summed E-state index contributed by atoms with van der Waals surface area (Å²) >= 11 is 0. The lowest BCUT2D eigenvalue weighted by molar-refractivity contribution is -0.131. The van der Waals surface area contributed by atoms with E-state index in [9.17, 15) is 22.0 Å². The number of hydrogen-bond donors (Lipinski definition) is 1. The van der Waals surface area contributed by atoms with Crippen LogP contribution in [0.5, 0.6) is 11.6 Å². The van der Waals surface area contributed by atoms with Crippen LogP contribution in [0, 0.1) is 23.0 Å². The van der Waals surface area contributed by atoms with Crippen molar-refractivity contribution in [3.05, 3.63) is 71.9 Å². The number of alkyl halides is 3. The van der Waals surface area contributed by atoms with Crippen molar-refractivity contribution in [1.29, 1.82) is 5.26 Å². The smallest absolute Gasteiger partial charge is 0.390 e. The van der Waals surface area contributed by atoms with Crippen LogP contribution in [-0.2, 0) is 0 Å². The number of fused-ring (bicyclic) bond motifs is 1. The van der Waals surface area contributed by atoms with Gasteiger partial charge in [-0.3, -0.25) is 0 Å². The Hall–Kier alpha value is -4.20. The van der Waals surface area contributed by atoms with Crippen LogP contribution in [0.1, 0.15) is 12.0 Å². The van der Waals surface area contributed by atoms with E-state index in [1.165, 1.54) is 47.1 Å². The lowest BCUT2D eigenvalue weighted by Gasteiger charge is -2.12. The molecule has 0 aliphatic carbocycles. The summed E-state index contributed by atoms with van der Waals surface area (Å²) in [5.41, 5.74) is 0.835. The molecule has 0 unspecified atom stereocenters. The summed E-state index contributed by atoms with van der Waals surface area (Å²) < 4.78 is 72.4. The van der Waals surface area contributed by atoms with E-state index in [0.717, 1.165) is 12.1 Å². The first kappa shape index (κ1) is 22.0. The van der Waals surface area contributed by atoms with E-state index in [1.54, 1.807) is 6.07 Å². The molecule has 0 aliphatic rings. The summed E-state index contributed by atoms with van der Waals surface area (Å²) in [5, 5.41) is 15.9. The number of nitrogens with one attached hydrogen (secondary N) is 1. The SMILES string of the molecule is N#Cc1ccc(-c2cnc3c(NCCC(F)(F)F)cc(Oc4cccc(F)c4)nn23)cc1F. The van der Waals surface area contributed by atoms with Crippen LogP contribution in [0.3, 0.4) is 0 Å². The Bertz CT molecular complexity index is 1360. The molecule has 4 aromatic rings. The van der Waals surface area contributed by atoms with Crippen molar-refractivity contribution >= 4 is 11.3 Å². The lowest BCUT2D eigenvalue weighted by Crippen LogP contribution is -2.15. The van der Waals surface area contributed by atoms with E-state index < -0.39 is 30.8 Å². The van der Waals surface area contributed by atoms with Crippen molar-refractivity contribution in [2.45, 2.75) is 12.6 Å². The number of ether oxygens (including phenoxy) is 1. The second-order valence-electron chi connectivity index (χ2n) is 6.93. The van der Waals surface area contributed by atoms with Crippen LogP contribution in [0.2, 0.25) is 0 Å². The van der Waals surface area contributed by atoms with E-state index in [0.29, 0.717) is 11.3 Å². The molecule has 0 saturated carbocycles. The molecule has 33 heavy (non-hydrogen) atoms. The van der Waals surface area contributed by atoms with Gasteiger partial charge < -0.3 is 10.1 Å². The number of rotatable bonds is 6. The maximum Gasteiger partial charge on any atom is 0.390 e.